The summed E-state index contributed by atoms with van der Waals surface area (Å²) in [5.41, 5.74) is 0. The molecule has 1 aliphatic heterocycles. The van der Waals surface area contributed by atoms with Gasteiger partial charge in [-0.3, -0.25) is 9.69 Å². The van der Waals surface area contributed by atoms with Gasteiger partial charge in [-0.2, -0.15) is 0 Å². The van der Waals surface area contributed by atoms with Gasteiger partial charge in [0.05, 0.1) is 6.04 Å². The maximum atomic E-state index is 12.2. The zero-order valence-electron chi connectivity index (χ0n) is 11.0. The molecule has 16 heavy (non-hydrogen) atoms. The summed E-state index contributed by atoms with van der Waals surface area (Å²) in [5.74, 6) is 0.268. The Morgan fingerprint density at radius 1 is 1.38 bits per heavy atom. The molecule has 1 rings (SSSR count). The van der Waals surface area contributed by atoms with Crippen LogP contribution in [0.3, 0.4) is 0 Å². The third-order valence-electron chi connectivity index (χ3n) is 3.68. The van der Waals surface area contributed by atoms with Crippen LogP contribution in [0.1, 0.15) is 27.2 Å². The van der Waals surface area contributed by atoms with E-state index in [1.54, 1.807) is 0 Å². The van der Waals surface area contributed by atoms with E-state index in [1.165, 1.54) is 0 Å². The fraction of sp³-hybridized carbons (Fsp3) is 0.917. The number of hydrogen-bond donors (Lipinski definition) is 1. The lowest BCUT2D eigenvalue weighted by Crippen LogP contribution is -2.53. The summed E-state index contributed by atoms with van der Waals surface area (Å²) in [4.78, 5) is 16.4. The highest BCUT2D eigenvalue weighted by Crippen LogP contribution is 2.09. The topological polar surface area (TPSA) is 35.6 Å². The van der Waals surface area contributed by atoms with Gasteiger partial charge in [0.2, 0.25) is 5.91 Å². The lowest BCUT2D eigenvalue weighted by atomic mass is 10.1. The normalized spacial score (nSPS) is 20.9. The SMILES string of the molecule is CCC(C)N(C)C(C)C(=O)N1CCNCC1. The third kappa shape index (κ3) is 3.19. The monoisotopic (exact) mass is 227 g/mol. The molecule has 0 aromatic carbocycles. The second-order valence-electron chi connectivity index (χ2n) is 4.67. The maximum Gasteiger partial charge on any atom is 0.239 e. The van der Waals surface area contributed by atoms with Crippen molar-refractivity contribution in [1.29, 1.82) is 0 Å². The smallest absolute Gasteiger partial charge is 0.239 e. The van der Waals surface area contributed by atoms with Gasteiger partial charge in [-0.1, -0.05) is 6.92 Å². The molecule has 0 aromatic rings. The maximum absolute atomic E-state index is 12.2. The number of carbonyl (C=O) groups excluding carboxylic acids is 1. The molecule has 0 aromatic heterocycles. The first-order valence-corrected chi connectivity index (χ1v) is 6.29. The van der Waals surface area contributed by atoms with E-state index >= 15 is 0 Å². The predicted octanol–water partition coefficient (Wildman–Crippen LogP) is 0.537. The molecular formula is C12H25N3O. The Bertz CT molecular complexity index is 226. The number of piperazine rings is 1. The third-order valence-corrected chi connectivity index (χ3v) is 3.68. The number of nitrogens with one attached hydrogen (secondary N) is 1. The van der Waals surface area contributed by atoms with Crippen molar-refractivity contribution < 1.29 is 4.79 Å². The largest absolute Gasteiger partial charge is 0.339 e. The molecule has 4 heteroatoms. The summed E-state index contributed by atoms with van der Waals surface area (Å²) < 4.78 is 0. The Kier molecular flexibility index (Phi) is 5.22. The zero-order valence-corrected chi connectivity index (χ0v) is 11.0. The summed E-state index contributed by atoms with van der Waals surface area (Å²) >= 11 is 0. The van der Waals surface area contributed by atoms with Gasteiger partial charge in [-0.25, -0.2) is 0 Å². The first kappa shape index (κ1) is 13.5. The second-order valence-corrected chi connectivity index (χ2v) is 4.67. The number of carbonyl (C=O) groups is 1. The van der Waals surface area contributed by atoms with E-state index in [-0.39, 0.29) is 11.9 Å². The second kappa shape index (κ2) is 6.21. The Morgan fingerprint density at radius 2 is 1.94 bits per heavy atom. The zero-order chi connectivity index (χ0) is 12.1. The molecule has 2 atom stereocenters. The van der Waals surface area contributed by atoms with E-state index < -0.39 is 0 Å². The lowest BCUT2D eigenvalue weighted by Gasteiger charge is -2.35. The fourth-order valence-corrected chi connectivity index (χ4v) is 1.99. The minimum absolute atomic E-state index is 0.00644. The van der Waals surface area contributed by atoms with Crippen molar-refractivity contribution in [1.82, 2.24) is 15.1 Å². The number of likely N-dealkylation sites (N-methyl/N-ethyl adjacent to an activating group) is 1. The van der Waals surface area contributed by atoms with Crippen molar-refractivity contribution in [3.63, 3.8) is 0 Å². The molecule has 0 spiro atoms. The van der Waals surface area contributed by atoms with Crippen LogP contribution in [0.25, 0.3) is 0 Å². The van der Waals surface area contributed by atoms with Gasteiger partial charge in [0.25, 0.3) is 0 Å². The van der Waals surface area contributed by atoms with Crippen LogP contribution in [-0.4, -0.2) is 61.0 Å². The van der Waals surface area contributed by atoms with E-state index in [0.717, 1.165) is 32.6 Å². The molecule has 0 aliphatic carbocycles. The average molecular weight is 227 g/mol. The molecule has 1 saturated heterocycles. The highest BCUT2D eigenvalue weighted by atomic mass is 16.2. The van der Waals surface area contributed by atoms with Crippen LogP contribution in [0.5, 0.6) is 0 Å². The van der Waals surface area contributed by atoms with Gasteiger partial charge in [-0.15, -0.1) is 0 Å². The van der Waals surface area contributed by atoms with Gasteiger partial charge in [0.1, 0.15) is 0 Å². The summed E-state index contributed by atoms with van der Waals surface area (Å²) in [7, 11) is 2.04. The molecule has 0 saturated carbocycles. The Labute approximate surface area is 99.0 Å². The number of hydrogen-bond acceptors (Lipinski definition) is 3. The van der Waals surface area contributed by atoms with E-state index in [9.17, 15) is 4.79 Å². The van der Waals surface area contributed by atoms with Crippen LogP contribution in [0.4, 0.5) is 0 Å². The van der Waals surface area contributed by atoms with Crippen LogP contribution >= 0.6 is 0 Å². The standard InChI is InChI=1S/C12H25N3O/c1-5-10(2)14(4)11(3)12(16)15-8-6-13-7-9-15/h10-11,13H,5-9H2,1-4H3. The number of nitrogens with zero attached hydrogens (tertiary/aromatic N) is 2. The first-order valence-electron chi connectivity index (χ1n) is 6.29. The van der Waals surface area contributed by atoms with Crippen molar-refractivity contribution in [3.8, 4) is 0 Å². The molecule has 1 N–H and O–H groups in total. The van der Waals surface area contributed by atoms with Crippen LogP contribution in [-0.2, 0) is 4.79 Å². The van der Waals surface area contributed by atoms with Crippen molar-refractivity contribution in [3.05, 3.63) is 0 Å². The molecule has 0 radical (unpaired) electrons. The molecule has 94 valence electrons. The highest BCUT2D eigenvalue weighted by Gasteiger charge is 2.26. The van der Waals surface area contributed by atoms with Gasteiger partial charge < -0.3 is 10.2 Å². The van der Waals surface area contributed by atoms with E-state index in [0.29, 0.717) is 6.04 Å². The summed E-state index contributed by atoms with van der Waals surface area (Å²) in [6.45, 7) is 9.87. The van der Waals surface area contributed by atoms with E-state index in [1.807, 2.05) is 18.9 Å². The van der Waals surface area contributed by atoms with Crippen molar-refractivity contribution >= 4 is 5.91 Å². The van der Waals surface area contributed by atoms with E-state index in [4.69, 9.17) is 0 Å². The van der Waals surface area contributed by atoms with Gasteiger partial charge in [0.15, 0.2) is 0 Å². The molecule has 1 heterocycles. The first-order chi connectivity index (χ1) is 7.57. The van der Waals surface area contributed by atoms with Crippen molar-refractivity contribution in [2.24, 2.45) is 0 Å². The summed E-state index contributed by atoms with van der Waals surface area (Å²) in [5, 5.41) is 3.26. The van der Waals surface area contributed by atoms with Gasteiger partial charge in [0, 0.05) is 32.2 Å². The summed E-state index contributed by atoms with van der Waals surface area (Å²) in [6.07, 6.45) is 1.08. The highest BCUT2D eigenvalue weighted by molar-refractivity contribution is 5.81. The van der Waals surface area contributed by atoms with Crippen LogP contribution in [0.2, 0.25) is 0 Å². The van der Waals surface area contributed by atoms with Crippen molar-refractivity contribution in [2.75, 3.05) is 33.2 Å². The molecular weight excluding hydrogens is 202 g/mol. The minimum Gasteiger partial charge on any atom is -0.339 e. The van der Waals surface area contributed by atoms with E-state index in [2.05, 4.69) is 24.1 Å². The van der Waals surface area contributed by atoms with Crippen LogP contribution in [0.15, 0.2) is 0 Å². The van der Waals surface area contributed by atoms with Gasteiger partial charge >= 0.3 is 0 Å². The predicted molar refractivity (Wildman–Crippen MR) is 66.4 cm³/mol. The van der Waals surface area contributed by atoms with Crippen LogP contribution < -0.4 is 5.32 Å². The number of rotatable bonds is 4. The Morgan fingerprint density at radius 3 is 2.44 bits per heavy atom. The average Bonchev–Trinajstić information content (AvgIpc) is 2.36. The minimum atomic E-state index is -0.00644. The molecule has 4 nitrogen and oxygen atoms in total. The fourth-order valence-electron chi connectivity index (χ4n) is 1.99. The summed E-state index contributed by atoms with van der Waals surface area (Å²) in [6, 6.07) is 0.454. The van der Waals surface area contributed by atoms with Gasteiger partial charge in [-0.05, 0) is 27.3 Å². The quantitative estimate of drug-likeness (QED) is 0.761. The molecule has 2 unspecified atom stereocenters. The molecule has 0 bridgehead atoms. The van der Waals surface area contributed by atoms with Crippen LogP contribution in [0, 0.1) is 0 Å². The molecule has 1 fully saturated rings. The lowest BCUT2D eigenvalue weighted by molar-refractivity contribution is -0.137. The molecule has 1 amide bonds. The van der Waals surface area contributed by atoms with Crippen molar-refractivity contribution in [2.45, 2.75) is 39.3 Å². The Hall–Kier alpha value is -0.610. The molecule has 1 aliphatic rings. The Balaban J connectivity index is 2.51. The number of amides is 1.